The number of likely N-dealkylation sites (N-methyl/N-ethyl adjacent to an activating group) is 1. The summed E-state index contributed by atoms with van der Waals surface area (Å²) in [6.07, 6.45) is 2.81. The minimum Gasteiger partial charge on any atom is -0.361 e. The van der Waals surface area contributed by atoms with Crippen LogP contribution in [0.1, 0.15) is 5.56 Å². The highest BCUT2D eigenvalue weighted by molar-refractivity contribution is 5.83. The molecule has 1 heterocycles. The van der Waals surface area contributed by atoms with E-state index < -0.39 is 0 Å². The van der Waals surface area contributed by atoms with E-state index in [2.05, 4.69) is 29.8 Å². The number of rotatable bonds is 4. The van der Waals surface area contributed by atoms with Crippen LogP contribution in [-0.4, -0.2) is 30.0 Å². The van der Waals surface area contributed by atoms with Gasteiger partial charge >= 0.3 is 0 Å². The molecule has 0 radical (unpaired) electrons. The van der Waals surface area contributed by atoms with Crippen molar-refractivity contribution in [1.82, 2.24) is 9.88 Å². The molecule has 1 N–H and O–H groups in total. The number of nitriles is 1. The average molecular weight is 239 g/mol. The monoisotopic (exact) mass is 239 g/mol. The van der Waals surface area contributed by atoms with Crippen LogP contribution in [-0.2, 0) is 6.42 Å². The van der Waals surface area contributed by atoms with Crippen molar-refractivity contribution in [3.8, 4) is 6.07 Å². The van der Waals surface area contributed by atoms with E-state index in [1.807, 2.05) is 37.3 Å². The fourth-order valence-corrected chi connectivity index (χ4v) is 2.20. The molecule has 1 unspecified atom stereocenters. The third-order valence-electron chi connectivity index (χ3n) is 3.26. The summed E-state index contributed by atoms with van der Waals surface area (Å²) >= 11 is 0. The normalized spacial score (nSPS) is 12.6. The Hall–Kier alpha value is -2.05. The first-order valence-electron chi connectivity index (χ1n) is 5.93. The second kappa shape index (κ2) is 5.07. The molecule has 1 aromatic heterocycles. The van der Waals surface area contributed by atoms with Crippen molar-refractivity contribution in [2.45, 2.75) is 12.5 Å². The lowest BCUT2D eigenvalue weighted by Gasteiger charge is -2.22. The number of nitrogens with zero attached hydrogens (tertiary/aromatic N) is 2. The largest absolute Gasteiger partial charge is 0.361 e. The Balaban J connectivity index is 2.32. The molecule has 0 aliphatic carbocycles. The van der Waals surface area contributed by atoms with Gasteiger partial charge < -0.3 is 9.88 Å². The highest BCUT2D eigenvalue weighted by Gasteiger charge is 2.17. The zero-order valence-electron chi connectivity index (χ0n) is 10.8. The van der Waals surface area contributed by atoms with Crippen LogP contribution in [0.2, 0.25) is 0 Å². The molecule has 0 fully saturated rings. The number of H-pyrrole nitrogens is 1. The molecule has 0 bridgehead atoms. The molecule has 3 nitrogen and oxygen atoms in total. The first-order valence-corrected chi connectivity index (χ1v) is 5.93. The van der Waals surface area contributed by atoms with Crippen LogP contribution in [0.15, 0.2) is 42.6 Å². The van der Waals surface area contributed by atoms with Crippen LogP contribution in [0.4, 0.5) is 0 Å². The number of fused-ring (bicyclic) bond motifs is 1. The molecule has 0 saturated carbocycles. The van der Waals surface area contributed by atoms with Crippen molar-refractivity contribution in [1.29, 1.82) is 5.26 Å². The van der Waals surface area contributed by atoms with Gasteiger partial charge in [-0.25, -0.2) is 0 Å². The zero-order valence-corrected chi connectivity index (χ0v) is 10.8. The van der Waals surface area contributed by atoms with E-state index >= 15 is 0 Å². The second-order valence-corrected chi connectivity index (χ2v) is 4.68. The molecule has 0 saturated heterocycles. The van der Waals surface area contributed by atoms with Gasteiger partial charge in [-0.3, -0.25) is 0 Å². The van der Waals surface area contributed by atoms with E-state index in [1.54, 1.807) is 0 Å². The summed E-state index contributed by atoms with van der Waals surface area (Å²) in [5.41, 5.74) is 2.96. The molecule has 3 heteroatoms. The highest BCUT2D eigenvalue weighted by Crippen LogP contribution is 2.21. The average Bonchev–Trinajstić information content (AvgIpc) is 2.78. The first-order chi connectivity index (χ1) is 8.63. The predicted molar refractivity (Wildman–Crippen MR) is 74.2 cm³/mol. The van der Waals surface area contributed by atoms with Gasteiger partial charge in [0.25, 0.3) is 0 Å². The van der Waals surface area contributed by atoms with E-state index in [9.17, 15) is 0 Å². The molecule has 0 spiro atoms. The standard InChI is InChI=1S/C15H17N3/c1-11(9-16)15(18(2)3)8-12-10-17-14-7-5-4-6-13(12)14/h4-7,10,15,17H,1,8H2,2-3H3. The summed E-state index contributed by atoms with van der Waals surface area (Å²) in [6.45, 7) is 3.84. The topological polar surface area (TPSA) is 42.8 Å². The molecule has 1 aromatic carbocycles. The third-order valence-corrected chi connectivity index (χ3v) is 3.26. The Morgan fingerprint density at radius 2 is 2.17 bits per heavy atom. The van der Waals surface area contributed by atoms with Gasteiger partial charge in [-0.2, -0.15) is 5.26 Å². The SMILES string of the molecule is C=C(C#N)C(Cc1c[nH]c2ccccc12)N(C)C. The fourth-order valence-electron chi connectivity index (χ4n) is 2.20. The molecule has 1 atom stereocenters. The number of benzene rings is 1. The maximum Gasteiger partial charge on any atom is 0.0957 e. The van der Waals surface area contributed by atoms with Crippen LogP contribution in [0, 0.1) is 11.3 Å². The lowest BCUT2D eigenvalue weighted by molar-refractivity contribution is 0.334. The molecule has 0 aliphatic heterocycles. The number of hydrogen-bond donors (Lipinski definition) is 1. The molecule has 2 aromatic rings. The van der Waals surface area contributed by atoms with Gasteiger partial charge in [0.1, 0.15) is 0 Å². The molecule has 92 valence electrons. The van der Waals surface area contributed by atoms with Crippen molar-refractivity contribution in [2.24, 2.45) is 0 Å². The van der Waals surface area contributed by atoms with Crippen LogP contribution in [0.3, 0.4) is 0 Å². The summed E-state index contributed by atoms with van der Waals surface area (Å²) in [4.78, 5) is 5.29. The van der Waals surface area contributed by atoms with Crippen molar-refractivity contribution < 1.29 is 0 Å². The maximum atomic E-state index is 9.01. The Labute approximate surface area is 107 Å². The molecule has 0 amide bonds. The first kappa shape index (κ1) is 12.4. The van der Waals surface area contributed by atoms with Crippen LogP contribution in [0.5, 0.6) is 0 Å². The fraction of sp³-hybridized carbons (Fsp3) is 0.267. The minimum absolute atomic E-state index is 0.0502. The number of para-hydroxylation sites is 1. The molecule has 2 rings (SSSR count). The van der Waals surface area contributed by atoms with Crippen molar-refractivity contribution in [2.75, 3.05) is 14.1 Å². The highest BCUT2D eigenvalue weighted by atomic mass is 15.1. The van der Waals surface area contributed by atoms with Crippen molar-refractivity contribution in [3.63, 3.8) is 0 Å². The maximum absolute atomic E-state index is 9.01. The lowest BCUT2D eigenvalue weighted by atomic mass is 9.99. The Kier molecular flexibility index (Phi) is 3.50. The van der Waals surface area contributed by atoms with E-state index in [1.165, 1.54) is 10.9 Å². The van der Waals surface area contributed by atoms with Crippen molar-refractivity contribution in [3.05, 3.63) is 48.2 Å². The summed E-state index contributed by atoms with van der Waals surface area (Å²) in [6, 6.07) is 10.4. The van der Waals surface area contributed by atoms with E-state index in [0.29, 0.717) is 5.57 Å². The molecule has 18 heavy (non-hydrogen) atoms. The minimum atomic E-state index is 0.0502. The van der Waals surface area contributed by atoms with E-state index in [4.69, 9.17) is 5.26 Å². The third kappa shape index (κ3) is 2.29. The molecule has 0 aliphatic rings. The summed E-state index contributed by atoms with van der Waals surface area (Å²) in [7, 11) is 3.95. The number of hydrogen-bond acceptors (Lipinski definition) is 2. The quantitative estimate of drug-likeness (QED) is 0.834. The van der Waals surface area contributed by atoms with Gasteiger partial charge in [-0.15, -0.1) is 0 Å². The Bertz CT molecular complexity index is 601. The summed E-state index contributed by atoms with van der Waals surface area (Å²) in [5.74, 6) is 0. The number of aromatic amines is 1. The molecular weight excluding hydrogens is 222 g/mol. The predicted octanol–water partition coefficient (Wildman–Crippen LogP) is 2.72. The Morgan fingerprint density at radius 1 is 1.44 bits per heavy atom. The van der Waals surface area contributed by atoms with Crippen LogP contribution >= 0.6 is 0 Å². The van der Waals surface area contributed by atoms with E-state index in [-0.39, 0.29) is 6.04 Å². The zero-order chi connectivity index (χ0) is 13.1. The van der Waals surface area contributed by atoms with Gasteiger partial charge in [-0.1, -0.05) is 24.8 Å². The Morgan fingerprint density at radius 3 is 2.83 bits per heavy atom. The van der Waals surface area contributed by atoms with Gasteiger partial charge in [0, 0.05) is 28.7 Å². The van der Waals surface area contributed by atoms with Gasteiger partial charge in [0.2, 0.25) is 0 Å². The summed E-state index contributed by atoms with van der Waals surface area (Å²) in [5, 5.41) is 10.2. The number of nitrogens with one attached hydrogen (secondary N) is 1. The molecular formula is C15H17N3. The van der Waals surface area contributed by atoms with Crippen molar-refractivity contribution >= 4 is 10.9 Å². The smallest absolute Gasteiger partial charge is 0.0957 e. The van der Waals surface area contributed by atoms with Crippen LogP contribution < -0.4 is 0 Å². The second-order valence-electron chi connectivity index (χ2n) is 4.68. The van der Waals surface area contributed by atoms with Gasteiger partial charge in [0.15, 0.2) is 0 Å². The van der Waals surface area contributed by atoms with Gasteiger partial charge in [-0.05, 0) is 32.1 Å². The number of aromatic nitrogens is 1. The van der Waals surface area contributed by atoms with Gasteiger partial charge in [0.05, 0.1) is 6.07 Å². The van der Waals surface area contributed by atoms with Crippen LogP contribution in [0.25, 0.3) is 10.9 Å². The summed E-state index contributed by atoms with van der Waals surface area (Å²) < 4.78 is 0. The lowest BCUT2D eigenvalue weighted by Crippen LogP contribution is -2.31. The van der Waals surface area contributed by atoms with E-state index in [0.717, 1.165) is 11.9 Å².